The molecule has 7 atom stereocenters. The molecule has 0 aliphatic carbocycles. The average Bonchev–Trinajstić information content (AvgIpc) is 1.79. The number of nitrogens with zero attached hydrogens (tertiary/aromatic N) is 5. The maximum Gasteiger partial charge on any atom is 0.426 e. The number of sulfonamides is 2. The Bertz CT molecular complexity index is 4820. The number of piperidine rings is 1. The van der Waals surface area contributed by atoms with E-state index in [2.05, 4.69) is 47.7 Å². The second kappa shape index (κ2) is 76.1. The molecule has 0 radical (unpaired) electrons. The van der Waals surface area contributed by atoms with Crippen molar-refractivity contribution in [3.05, 3.63) is 94.4 Å². The number of carboxylic acids is 1. The molecule has 1 aliphatic heterocycles. The molecule has 1 saturated heterocycles. The van der Waals surface area contributed by atoms with Crippen molar-refractivity contribution in [3.8, 4) is 5.75 Å². The molecule has 1 aliphatic rings. The number of aromatic hydroxyl groups is 1. The van der Waals surface area contributed by atoms with Gasteiger partial charge >= 0.3 is 24.0 Å². The van der Waals surface area contributed by atoms with Crippen molar-refractivity contribution in [2.45, 2.75) is 153 Å². The standard InChI is InChI=1S/C96H153N15O33S5/c1-9-13-89(120)143-68-111(95(124)90(70(5)10-2)105-93(123)81-14-11-12-30-108(81)8)82(69(3)4)62-83(144-72(7)112)94-104-80(67-145-94)92(122)103-76(61-73-15-21-77(113)22-16-73)60-71(6)91(121)106-107-96(125)142-57-59-147-146-58-29-100-84(114)27-33-130-35-37-132-39-41-134-43-45-136-47-49-138-51-53-140-55-56-141-54-52-139-50-48-137-46-44-135-42-40-133-38-36-131-34-28-99-85(115)63-109(64-86(116)101-74-17-23-78(24-18-74)148(97,126)127)31-32-110(66-88(118)119)65-87(117)102-75-19-25-79(26-20-75)149(98,128)129/h15-26,67,69-71,76,81-83,90,113H,9-14,27-66,68H2,1-8H3,(H,99,115)(H,100,114)(H,101,116)(H,102,117)(H,103,122)(H,105,123)(H,106,121)(H,107,125)(H,118,119)(H2,97,126,127)(H2,98,128,129)/t70?,71-,76+,81+,82+,83+,90-/m0/s1. The molecule has 53 heteroatoms. The molecule has 14 N–H and O–H groups in total. The second-order valence-electron chi connectivity index (χ2n) is 34.7. The fourth-order valence-electron chi connectivity index (χ4n) is 14.3. The van der Waals surface area contributed by atoms with Crippen LogP contribution in [0.1, 0.15) is 133 Å². The summed E-state index contributed by atoms with van der Waals surface area (Å²) in [5, 5.41) is 48.5. The minimum Gasteiger partial charge on any atom is -0.508 e. The van der Waals surface area contributed by atoms with Crippen molar-refractivity contribution in [1.82, 2.24) is 56.7 Å². The predicted molar refractivity (Wildman–Crippen MR) is 552 cm³/mol. The predicted octanol–water partition coefficient (Wildman–Crippen LogP) is 3.60. The average molecular weight is 2210 g/mol. The van der Waals surface area contributed by atoms with Gasteiger partial charge in [0.05, 0.1) is 201 Å². The first kappa shape index (κ1) is 130. The van der Waals surface area contributed by atoms with E-state index in [0.717, 1.165) is 36.3 Å². The summed E-state index contributed by atoms with van der Waals surface area (Å²) in [5.74, 6) is -6.66. The third-order valence-corrected chi connectivity index (χ3v) is 27.5. The van der Waals surface area contributed by atoms with E-state index in [1.165, 1.54) is 109 Å². The van der Waals surface area contributed by atoms with Crippen LogP contribution in [0, 0.1) is 17.8 Å². The van der Waals surface area contributed by atoms with E-state index in [1.54, 1.807) is 19.1 Å². The molecule has 4 aromatic rings. The zero-order chi connectivity index (χ0) is 109. The number of ether oxygens (including phenoxy) is 15. The number of aromatic nitrogens is 1. The van der Waals surface area contributed by atoms with Gasteiger partial charge in [0.15, 0.2) is 12.8 Å². The van der Waals surface area contributed by atoms with Gasteiger partial charge < -0.3 is 118 Å². The Balaban J connectivity index is 0.794. The van der Waals surface area contributed by atoms with Crippen LogP contribution in [0.25, 0.3) is 0 Å². The highest BCUT2D eigenvalue weighted by Gasteiger charge is 2.40. The van der Waals surface area contributed by atoms with Crippen molar-refractivity contribution in [1.29, 1.82) is 0 Å². The number of phenolic OH excluding ortho intramolecular Hbond substituents is 1. The summed E-state index contributed by atoms with van der Waals surface area (Å²) in [4.78, 5) is 169. The minimum absolute atomic E-state index is 0.0159. The largest absolute Gasteiger partial charge is 0.508 e. The van der Waals surface area contributed by atoms with E-state index in [0.29, 0.717) is 169 Å². The van der Waals surface area contributed by atoms with Gasteiger partial charge in [-0.3, -0.25) is 72.9 Å². The van der Waals surface area contributed by atoms with Crippen molar-refractivity contribution in [2.24, 2.45) is 28.0 Å². The number of phenols is 1. The highest BCUT2D eigenvalue weighted by molar-refractivity contribution is 8.76. The van der Waals surface area contributed by atoms with E-state index in [-0.39, 0.29) is 159 Å². The molecule has 48 nitrogen and oxygen atoms in total. The van der Waals surface area contributed by atoms with Gasteiger partial charge in [0, 0.05) is 98.6 Å². The number of nitrogens with two attached hydrogens (primary N) is 2. The first-order chi connectivity index (χ1) is 71.4. The SMILES string of the molecule is CCCC(=O)OCN(C(=O)[C@@H](NC(=O)[C@H]1CCCCN1C)C(C)CC)[C@H](C[C@@H](OC(C)=O)c1nc(C(=O)N[C@@H](Cc2ccc(O)cc2)C[C@H](C)C(=O)NNC(=O)OCCSSCCNC(=O)CCOCCOCCOCCOCCOCCOCCOCCOCCOCCOCCOCCOCCNC(=O)CN(CCN(CC(=O)O)CC(=O)Nc2ccc(S(N)(=O)=O)cc2)CC(=O)Nc2ccc(S(N)(=O)=O)cc2)cs1)C(C)C. The fraction of sp³-hybridized carbons (Fsp3) is 0.656. The topological polar surface area (TPSA) is 626 Å². The van der Waals surface area contributed by atoms with Gasteiger partial charge in [-0.15, -0.1) is 11.3 Å². The van der Waals surface area contributed by atoms with Crippen LogP contribution in [0.5, 0.6) is 5.75 Å². The quantitative estimate of drug-likeness (QED) is 0.00750. The molecule has 149 heavy (non-hydrogen) atoms. The first-order valence-electron chi connectivity index (χ1n) is 49.6. The number of amides is 9. The molecule has 9 amide bonds. The number of nitrogens with one attached hydrogen (secondary N) is 8. The third-order valence-electron chi connectivity index (χ3n) is 22.3. The van der Waals surface area contributed by atoms with Gasteiger partial charge in [0.2, 0.25) is 61.4 Å². The molecule has 3 aromatic carbocycles. The number of aliphatic carboxylic acids is 1. The van der Waals surface area contributed by atoms with Gasteiger partial charge in [-0.1, -0.05) is 88.1 Å². The first-order valence-corrected chi connectivity index (χ1v) is 56.0. The zero-order valence-electron chi connectivity index (χ0n) is 86.3. The number of carbonyl (C=O) groups is 12. The van der Waals surface area contributed by atoms with Crippen LogP contribution >= 0.6 is 32.9 Å². The van der Waals surface area contributed by atoms with Crippen LogP contribution in [-0.2, 0) is 145 Å². The maximum absolute atomic E-state index is 15.0. The summed E-state index contributed by atoms with van der Waals surface area (Å²) in [5.41, 5.74) is 5.80. The maximum atomic E-state index is 15.0. The molecule has 1 aromatic heterocycles. The van der Waals surface area contributed by atoms with Crippen LogP contribution in [0.2, 0.25) is 0 Å². The summed E-state index contributed by atoms with van der Waals surface area (Å²) in [6.45, 7) is 19.4. The Hall–Kier alpha value is -9.55. The third kappa shape index (κ3) is 58.8. The summed E-state index contributed by atoms with van der Waals surface area (Å²) in [6, 6.07) is 13.6. The highest BCUT2D eigenvalue weighted by Crippen LogP contribution is 2.33. The number of anilines is 2. The minimum atomic E-state index is -4.00. The lowest BCUT2D eigenvalue weighted by Gasteiger charge is -2.39. The second-order valence-corrected chi connectivity index (χ2v) is 41.4. The van der Waals surface area contributed by atoms with Crippen molar-refractivity contribution in [2.75, 3.05) is 260 Å². The summed E-state index contributed by atoms with van der Waals surface area (Å²) >= 11 is 1.06. The van der Waals surface area contributed by atoms with Crippen molar-refractivity contribution in [3.63, 3.8) is 0 Å². The number of rotatable bonds is 83. The smallest absolute Gasteiger partial charge is 0.426 e. The number of hydrazine groups is 1. The molecule has 0 saturated carbocycles. The lowest BCUT2D eigenvalue weighted by molar-refractivity contribution is -0.160. The number of carbonyl (C=O) groups excluding carboxylic acids is 11. The van der Waals surface area contributed by atoms with Gasteiger partial charge in [0.1, 0.15) is 29.1 Å². The summed E-state index contributed by atoms with van der Waals surface area (Å²) in [6.07, 6.45) is 2.09. The van der Waals surface area contributed by atoms with Crippen LogP contribution in [0.3, 0.4) is 0 Å². The van der Waals surface area contributed by atoms with Crippen LogP contribution in [0.15, 0.2) is 88.0 Å². The van der Waals surface area contributed by atoms with Gasteiger partial charge in [-0.25, -0.2) is 42.3 Å². The number of carboxylic acid groups (broad SMARTS) is 1. The Morgan fingerprint density at radius 1 is 0.544 bits per heavy atom. The molecule has 0 spiro atoms. The Labute approximate surface area is 883 Å². The van der Waals surface area contributed by atoms with Crippen molar-refractivity contribution >= 4 is 136 Å². The molecule has 1 fully saturated rings. The number of hydrogen-bond acceptors (Lipinski definition) is 39. The Kier molecular flexibility index (Phi) is 66.3. The van der Waals surface area contributed by atoms with E-state index < -0.39 is 136 Å². The monoisotopic (exact) mass is 2200 g/mol. The van der Waals surface area contributed by atoms with E-state index >= 15 is 4.79 Å². The van der Waals surface area contributed by atoms with E-state index in [9.17, 15) is 79.8 Å². The number of benzene rings is 3. The lowest BCUT2D eigenvalue weighted by atomic mass is 9.92. The fourth-order valence-corrected chi connectivity index (χ4v) is 17.9. The summed E-state index contributed by atoms with van der Waals surface area (Å²) < 4.78 is 130. The molecular formula is C96H153N15O33S5. The highest BCUT2D eigenvalue weighted by atomic mass is 33.1. The van der Waals surface area contributed by atoms with Crippen LogP contribution in [-0.4, -0.2) is 396 Å². The molecule has 0 bridgehead atoms. The van der Waals surface area contributed by atoms with Crippen LogP contribution in [0.4, 0.5) is 16.2 Å². The zero-order valence-corrected chi connectivity index (χ0v) is 90.4. The number of primary sulfonamides is 2. The number of likely N-dealkylation sites (N-methyl/N-ethyl adjacent to an activating group) is 1. The van der Waals surface area contributed by atoms with Gasteiger partial charge in [0.25, 0.3) is 5.91 Å². The number of esters is 2. The number of hydrogen-bond donors (Lipinski definition) is 12. The lowest BCUT2D eigenvalue weighted by Crippen LogP contribution is -2.59. The number of thiazole rings is 1. The van der Waals surface area contributed by atoms with E-state index in [1.807, 2.05) is 46.6 Å². The van der Waals surface area contributed by atoms with Crippen LogP contribution < -0.4 is 53.0 Å². The van der Waals surface area contributed by atoms with Gasteiger partial charge in [-0.2, -0.15) is 0 Å². The normalized spacial score (nSPS) is 14.1. The molecule has 1 unspecified atom stereocenters. The molecule has 840 valence electrons. The van der Waals surface area contributed by atoms with Crippen molar-refractivity contribution < 1.29 is 156 Å². The summed E-state index contributed by atoms with van der Waals surface area (Å²) in [7, 11) is -3.19. The Morgan fingerprint density at radius 2 is 1.01 bits per heavy atom. The number of likely N-dealkylation sites (tertiary alicyclic amines) is 1. The molecule has 2 heterocycles. The van der Waals surface area contributed by atoms with Gasteiger partial charge in [-0.05, 0) is 124 Å². The Morgan fingerprint density at radius 3 is 1.48 bits per heavy atom. The van der Waals surface area contributed by atoms with E-state index in [4.69, 9.17) is 81.3 Å². The molecule has 5 rings (SSSR count). The molecular weight excluding hydrogens is 2050 g/mol.